The average molecular weight is 420 g/mol. The molecular weight excluding hydrogens is 399 g/mol. The molecule has 1 aromatic carbocycles. The molecule has 8 nitrogen and oxygen atoms in total. The predicted octanol–water partition coefficient (Wildman–Crippen LogP) is 2.82. The van der Waals surface area contributed by atoms with Gasteiger partial charge in [-0.2, -0.15) is 5.10 Å². The van der Waals surface area contributed by atoms with E-state index in [1.807, 2.05) is 24.3 Å². The van der Waals surface area contributed by atoms with Crippen LogP contribution in [-0.2, 0) is 24.3 Å². The molecule has 31 heavy (non-hydrogen) atoms. The van der Waals surface area contributed by atoms with E-state index in [9.17, 15) is 14.0 Å². The molecule has 0 aliphatic rings. The highest BCUT2D eigenvalue weighted by Gasteiger charge is 2.12. The van der Waals surface area contributed by atoms with Crippen molar-refractivity contribution in [3.05, 3.63) is 77.9 Å². The number of imidazole rings is 1. The highest BCUT2D eigenvalue weighted by Crippen LogP contribution is 2.12. The van der Waals surface area contributed by atoms with Gasteiger partial charge in [-0.05, 0) is 30.7 Å². The van der Waals surface area contributed by atoms with Gasteiger partial charge in [0.15, 0.2) is 5.78 Å². The Labute approximate surface area is 177 Å². The molecule has 0 aliphatic carbocycles. The Hall–Kier alpha value is -3.88. The van der Waals surface area contributed by atoms with E-state index in [0.29, 0.717) is 24.8 Å². The lowest BCUT2D eigenvalue weighted by Crippen LogP contribution is -2.23. The molecule has 3 aromatic heterocycles. The standard InChI is InChI=1S/C22H21FN6O2/c23-17-6-4-10-24-20(17)12-25-22(31)15-11-26-29(13-15)14-16(30)5-3-9-21-27-18-7-1-2-8-19(18)28-21/h1-2,4,6-8,10-11,13H,3,5,9,12,14H2,(H,25,31)(H,27,28). The predicted molar refractivity (Wildman–Crippen MR) is 112 cm³/mol. The molecule has 0 spiro atoms. The molecule has 0 unspecified atom stereocenters. The first-order chi connectivity index (χ1) is 15.1. The summed E-state index contributed by atoms with van der Waals surface area (Å²) in [6, 6.07) is 10.6. The van der Waals surface area contributed by atoms with Crippen molar-refractivity contribution in [2.24, 2.45) is 0 Å². The number of hydrogen-bond acceptors (Lipinski definition) is 5. The number of fused-ring (bicyclic) bond motifs is 1. The maximum absolute atomic E-state index is 13.6. The van der Waals surface area contributed by atoms with E-state index in [4.69, 9.17) is 0 Å². The van der Waals surface area contributed by atoms with E-state index >= 15 is 0 Å². The summed E-state index contributed by atoms with van der Waals surface area (Å²) in [5.74, 6) is -0.0153. The van der Waals surface area contributed by atoms with Crippen molar-refractivity contribution < 1.29 is 14.0 Å². The Morgan fingerprint density at radius 1 is 1.16 bits per heavy atom. The third-order valence-electron chi connectivity index (χ3n) is 4.79. The van der Waals surface area contributed by atoms with Gasteiger partial charge >= 0.3 is 0 Å². The van der Waals surface area contributed by atoms with E-state index in [0.717, 1.165) is 16.9 Å². The maximum atomic E-state index is 13.6. The summed E-state index contributed by atoms with van der Waals surface area (Å²) >= 11 is 0. The lowest BCUT2D eigenvalue weighted by atomic mass is 10.1. The van der Waals surface area contributed by atoms with Crippen molar-refractivity contribution in [3.8, 4) is 0 Å². The van der Waals surface area contributed by atoms with Crippen molar-refractivity contribution in [1.29, 1.82) is 0 Å². The number of Topliss-reactive ketones (excluding diaryl/α,β-unsaturated/α-hetero) is 1. The SMILES string of the molecule is O=C(CCCc1nc2ccccc2[nH]1)Cn1cc(C(=O)NCc2ncccc2F)cn1. The number of rotatable bonds is 9. The lowest BCUT2D eigenvalue weighted by Gasteiger charge is -2.04. The number of halogens is 1. The summed E-state index contributed by atoms with van der Waals surface area (Å²) in [5.41, 5.74) is 2.35. The Kier molecular flexibility index (Phi) is 6.11. The molecule has 0 radical (unpaired) electrons. The lowest BCUT2D eigenvalue weighted by molar-refractivity contribution is -0.119. The Morgan fingerprint density at radius 2 is 2.03 bits per heavy atom. The van der Waals surface area contributed by atoms with Crippen LogP contribution in [0.1, 0.15) is 34.7 Å². The highest BCUT2D eigenvalue weighted by molar-refractivity contribution is 5.93. The summed E-state index contributed by atoms with van der Waals surface area (Å²) in [7, 11) is 0. The first kappa shape index (κ1) is 20.4. The zero-order chi connectivity index (χ0) is 21.6. The molecule has 9 heteroatoms. The van der Waals surface area contributed by atoms with E-state index in [-0.39, 0.29) is 24.6 Å². The van der Waals surface area contributed by atoms with Gasteiger partial charge in [0.2, 0.25) is 0 Å². The number of aromatic nitrogens is 5. The molecule has 0 saturated carbocycles. The van der Waals surface area contributed by atoms with E-state index in [1.54, 1.807) is 0 Å². The molecule has 158 valence electrons. The quantitative estimate of drug-likeness (QED) is 0.433. The zero-order valence-electron chi connectivity index (χ0n) is 16.7. The second-order valence-electron chi connectivity index (χ2n) is 7.13. The number of pyridine rings is 1. The van der Waals surface area contributed by atoms with Crippen LogP contribution in [0.3, 0.4) is 0 Å². The molecule has 0 saturated heterocycles. The van der Waals surface area contributed by atoms with Gasteiger partial charge in [-0.1, -0.05) is 12.1 Å². The summed E-state index contributed by atoms with van der Waals surface area (Å²) in [5, 5.41) is 6.67. The molecule has 0 aliphatic heterocycles. The fourth-order valence-corrected chi connectivity index (χ4v) is 3.22. The minimum atomic E-state index is -0.480. The number of aryl methyl sites for hydroxylation is 1. The number of hydrogen-bond donors (Lipinski definition) is 2. The number of ketones is 1. The van der Waals surface area contributed by atoms with Crippen LogP contribution in [0.25, 0.3) is 11.0 Å². The van der Waals surface area contributed by atoms with E-state index < -0.39 is 11.7 Å². The van der Waals surface area contributed by atoms with Crippen LogP contribution >= 0.6 is 0 Å². The maximum Gasteiger partial charge on any atom is 0.254 e. The zero-order valence-corrected chi connectivity index (χ0v) is 16.7. The molecule has 0 atom stereocenters. The van der Waals surface area contributed by atoms with Gasteiger partial charge in [-0.15, -0.1) is 0 Å². The molecule has 4 aromatic rings. The number of H-pyrrole nitrogens is 1. The number of nitrogens with one attached hydrogen (secondary N) is 2. The van der Waals surface area contributed by atoms with Crippen molar-refractivity contribution in [3.63, 3.8) is 0 Å². The van der Waals surface area contributed by atoms with Gasteiger partial charge < -0.3 is 10.3 Å². The van der Waals surface area contributed by atoms with Gasteiger partial charge in [-0.3, -0.25) is 19.3 Å². The number of para-hydroxylation sites is 2. The third kappa shape index (κ3) is 5.19. The van der Waals surface area contributed by atoms with Crippen LogP contribution in [0, 0.1) is 5.82 Å². The van der Waals surface area contributed by atoms with Crippen molar-refractivity contribution >= 4 is 22.7 Å². The topological polar surface area (TPSA) is 106 Å². The fraction of sp³-hybridized carbons (Fsp3) is 0.227. The number of carbonyl (C=O) groups is 2. The Bertz CT molecular complexity index is 1180. The first-order valence-electron chi connectivity index (χ1n) is 9.94. The number of amides is 1. The average Bonchev–Trinajstić information content (AvgIpc) is 3.39. The van der Waals surface area contributed by atoms with Crippen LogP contribution in [0.5, 0.6) is 0 Å². The van der Waals surface area contributed by atoms with Crippen LogP contribution in [-0.4, -0.2) is 36.4 Å². The van der Waals surface area contributed by atoms with Crippen LogP contribution < -0.4 is 5.32 Å². The van der Waals surface area contributed by atoms with Crippen LogP contribution in [0.2, 0.25) is 0 Å². The Morgan fingerprint density at radius 3 is 2.87 bits per heavy atom. The summed E-state index contributed by atoms with van der Waals surface area (Å²) in [6.07, 6.45) is 6.08. The van der Waals surface area contributed by atoms with E-state index in [1.165, 1.54) is 35.4 Å². The number of nitrogens with zero attached hydrogens (tertiary/aromatic N) is 4. The second-order valence-corrected chi connectivity index (χ2v) is 7.13. The summed E-state index contributed by atoms with van der Waals surface area (Å²) in [6.45, 7) is 0.0552. The monoisotopic (exact) mass is 420 g/mol. The molecule has 4 rings (SSSR count). The second kappa shape index (κ2) is 9.29. The number of carbonyl (C=O) groups excluding carboxylic acids is 2. The summed E-state index contributed by atoms with van der Waals surface area (Å²) < 4.78 is 15.0. The molecule has 3 heterocycles. The number of aromatic amines is 1. The minimum absolute atomic E-state index is 0.0155. The number of benzene rings is 1. The molecule has 2 N–H and O–H groups in total. The smallest absolute Gasteiger partial charge is 0.254 e. The van der Waals surface area contributed by atoms with Crippen LogP contribution in [0.4, 0.5) is 4.39 Å². The molecule has 1 amide bonds. The van der Waals surface area contributed by atoms with Gasteiger partial charge in [0.1, 0.15) is 11.6 Å². The Balaban J connectivity index is 1.23. The van der Waals surface area contributed by atoms with Gasteiger partial charge in [0.05, 0.1) is 41.6 Å². The summed E-state index contributed by atoms with van der Waals surface area (Å²) in [4.78, 5) is 36.1. The fourth-order valence-electron chi connectivity index (χ4n) is 3.22. The third-order valence-corrected chi connectivity index (χ3v) is 4.79. The minimum Gasteiger partial charge on any atom is -0.346 e. The highest BCUT2D eigenvalue weighted by atomic mass is 19.1. The van der Waals surface area contributed by atoms with E-state index in [2.05, 4.69) is 25.4 Å². The largest absolute Gasteiger partial charge is 0.346 e. The van der Waals surface area contributed by atoms with Crippen LogP contribution in [0.15, 0.2) is 55.0 Å². The van der Waals surface area contributed by atoms with Gasteiger partial charge in [-0.25, -0.2) is 9.37 Å². The van der Waals surface area contributed by atoms with Crippen molar-refractivity contribution in [2.75, 3.05) is 0 Å². The normalized spacial score (nSPS) is 11.0. The van der Waals surface area contributed by atoms with Crippen molar-refractivity contribution in [2.45, 2.75) is 32.4 Å². The van der Waals surface area contributed by atoms with Gasteiger partial charge in [0, 0.05) is 25.2 Å². The van der Waals surface area contributed by atoms with Crippen molar-refractivity contribution in [1.82, 2.24) is 30.0 Å². The molecule has 0 fully saturated rings. The van der Waals surface area contributed by atoms with Gasteiger partial charge in [0.25, 0.3) is 5.91 Å². The first-order valence-corrected chi connectivity index (χ1v) is 9.94. The molecular formula is C22H21FN6O2. The molecule has 0 bridgehead atoms.